The Morgan fingerprint density at radius 1 is 0.969 bits per heavy atom. The largest absolute Gasteiger partial charge is 0.355 e. The van der Waals surface area contributed by atoms with E-state index >= 15 is 0 Å². The van der Waals surface area contributed by atoms with Crippen molar-refractivity contribution in [3.05, 3.63) is 87.9 Å². The van der Waals surface area contributed by atoms with Crippen molar-refractivity contribution in [2.24, 2.45) is 0 Å². The smallest absolute Gasteiger partial charge is 0.334 e. The molecule has 0 aliphatic carbocycles. The number of hydrogen-bond acceptors (Lipinski definition) is 8. The minimum Gasteiger partial charge on any atom is -0.334 e. The Kier molecular flexibility index (Phi) is 5.58. The molecule has 32 heavy (non-hydrogen) atoms. The van der Waals surface area contributed by atoms with Gasteiger partial charge in [-0.1, -0.05) is 23.8 Å². The van der Waals surface area contributed by atoms with Gasteiger partial charge in [0.2, 0.25) is 11.6 Å². The molecule has 0 saturated heterocycles. The molecular formula is C22H19N7O3. The van der Waals surface area contributed by atoms with Crippen molar-refractivity contribution in [3.63, 3.8) is 0 Å². The van der Waals surface area contributed by atoms with Crippen molar-refractivity contribution in [2.75, 3.05) is 10.7 Å². The lowest BCUT2D eigenvalue weighted by atomic mass is 10.1. The van der Waals surface area contributed by atoms with Gasteiger partial charge in [-0.15, -0.1) is 0 Å². The summed E-state index contributed by atoms with van der Waals surface area (Å²) >= 11 is 0. The summed E-state index contributed by atoms with van der Waals surface area (Å²) in [7, 11) is 0. The highest BCUT2D eigenvalue weighted by Crippen LogP contribution is 2.33. The molecule has 4 aromatic rings. The highest BCUT2D eigenvalue weighted by Gasteiger charge is 2.24. The minimum atomic E-state index is -0.615. The van der Waals surface area contributed by atoms with Crippen molar-refractivity contribution in [1.29, 1.82) is 0 Å². The summed E-state index contributed by atoms with van der Waals surface area (Å²) in [6.07, 6.45) is 1.17. The molecule has 0 saturated carbocycles. The van der Waals surface area contributed by atoms with Crippen molar-refractivity contribution in [3.8, 4) is 0 Å². The van der Waals surface area contributed by atoms with Gasteiger partial charge in [0.25, 0.3) is 5.91 Å². The third kappa shape index (κ3) is 4.29. The third-order valence-electron chi connectivity index (χ3n) is 4.74. The Bertz CT molecular complexity index is 1320. The second-order valence-corrected chi connectivity index (χ2v) is 7.07. The number of nitro groups is 1. The molecule has 0 bridgehead atoms. The van der Waals surface area contributed by atoms with Crippen molar-refractivity contribution in [1.82, 2.24) is 20.4 Å². The van der Waals surface area contributed by atoms with Crippen LogP contribution >= 0.6 is 0 Å². The van der Waals surface area contributed by atoms with Gasteiger partial charge in [-0.3, -0.25) is 30.7 Å². The molecule has 0 spiro atoms. The fourth-order valence-corrected chi connectivity index (χ4v) is 3.12. The molecule has 0 atom stereocenters. The fraction of sp³-hybridized carbons (Fsp3) is 0.0909. The van der Waals surface area contributed by atoms with Gasteiger partial charge in [-0.05, 0) is 50.2 Å². The van der Waals surface area contributed by atoms with Crippen LogP contribution in [-0.2, 0) is 0 Å². The number of carbonyl (C=O) groups is 1. The first-order chi connectivity index (χ1) is 15.4. The maximum absolute atomic E-state index is 12.4. The van der Waals surface area contributed by atoms with Crippen LogP contribution in [0.3, 0.4) is 0 Å². The van der Waals surface area contributed by atoms with Crippen LogP contribution in [-0.4, -0.2) is 25.8 Å². The standard InChI is InChI=1S/C22H19N7O3/c1-13-6-9-15(10-7-13)22(30)28-27-21-19(29(31)32)20(23-12-24-21)26-18-5-3-4-17-16(18)11-8-14(2)25-17/h3-12H,1-2H3,(H,28,30)(H2,23,24,26,27). The molecule has 0 fully saturated rings. The molecular weight excluding hydrogens is 410 g/mol. The predicted molar refractivity (Wildman–Crippen MR) is 121 cm³/mol. The van der Waals surface area contributed by atoms with Crippen LogP contribution in [0.1, 0.15) is 21.6 Å². The van der Waals surface area contributed by atoms with Gasteiger partial charge in [0.1, 0.15) is 6.33 Å². The maximum atomic E-state index is 12.4. The number of hydrogen-bond donors (Lipinski definition) is 3. The number of nitrogens with zero attached hydrogens (tertiary/aromatic N) is 4. The number of anilines is 3. The summed E-state index contributed by atoms with van der Waals surface area (Å²) in [5.74, 6) is -0.629. The quantitative estimate of drug-likeness (QED) is 0.309. The lowest BCUT2D eigenvalue weighted by molar-refractivity contribution is -0.383. The summed E-state index contributed by atoms with van der Waals surface area (Å²) in [4.78, 5) is 36.0. The lowest BCUT2D eigenvalue weighted by Gasteiger charge is -2.12. The number of benzene rings is 2. The van der Waals surface area contributed by atoms with E-state index < -0.39 is 16.5 Å². The maximum Gasteiger partial charge on any atom is 0.355 e. The average molecular weight is 429 g/mol. The second-order valence-electron chi connectivity index (χ2n) is 7.07. The molecule has 1 amide bonds. The molecule has 0 aliphatic rings. The number of amides is 1. The van der Waals surface area contributed by atoms with Crippen LogP contribution in [0.25, 0.3) is 10.9 Å². The first-order valence-corrected chi connectivity index (χ1v) is 9.68. The Morgan fingerprint density at radius 3 is 2.47 bits per heavy atom. The van der Waals surface area contributed by atoms with Crippen LogP contribution < -0.4 is 16.2 Å². The van der Waals surface area contributed by atoms with Crippen LogP contribution in [0.5, 0.6) is 0 Å². The minimum absolute atomic E-state index is 0.0230. The lowest BCUT2D eigenvalue weighted by Crippen LogP contribution is -2.30. The SMILES string of the molecule is Cc1ccc(C(=O)NNc2ncnc(Nc3cccc4nc(C)ccc34)c2[N+](=O)[O-])cc1. The Hall–Kier alpha value is -4.60. The average Bonchev–Trinajstić information content (AvgIpc) is 2.77. The first kappa shape index (κ1) is 20.7. The topological polar surface area (TPSA) is 135 Å². The highest BCUT2D eigenvalue weighted by atomic mass is 16.6. The number of fused-ring (bicyclic) bond motifs is 1. The zero-order chi connectivity index (χ0) is 22.7. The van der Waals surface area contributed by atoms with Gasteiger partial charge in [0.15, 0.2) is 0 Å². The van der Waals surface area contributed by atoms with Gasteiger partial charge >= 0.3 is 5.69 Å². The van der Waals surface area contributed by atoms with Crippen LogP contribution in [0.2, 0.25) is 0 Å². The third-order valence-corrected chi connectivity index (χ3v) is 4.74. The number of hydrazine groups is 1. The van der Waals surface area contributed by atoms with E-state index in [-0.39, 0.29) is 11.6 Å². The van der Waals surface area contributed by atoms with Crippen LogP contribution in [0.15, 0.2) is 60.9 Å². The van der Waals surface area contributed by atoms with E-state index in [0.717, 1.165) is 22.2 Å². The van der Waals surface area contributed by atoms with Crippen molar-refractivity contribution < 1.29 is 9.72 Å². The molecule has 10 heteroatoms. The number of rotatable bonds is 6. The number of aryl methyl sites for hydroxylation is 2. The zero-order valence-electron chi connectivity index (χ0n) is 17.3. The van der Waals surface area contributed by atoms with Gasteiger partial charge in [0.05, 0.1) is 10.4 Å². The van der Waals surface area contributed by atoms with Gasteiger partial charge < -0.3 is 5.32 Å². The molecule has 0 aliphatic heterocycles. The molecule has 10 nitrogen and oxygen atoms in total. The molecule has 2 heterocycles. The van der Waals surface area contributed by atoms with Crippen LogP contribution in [0.4, 0.5) is 23.0 Å². The summed E-state index contributed by atoms with van der Waals surface area (Å²) in [6.45, 7) is 3.80. The normalized spacial score (nSPS) is 10.6. The molecule has 0 unspecified atom stereocenters. The van der Waals surface area contributed by atoms with E-state index in [0.29, 0.717) is 11.3 Å². The molecule has 2 aromatic heterocycles. The van der Waals surface area contributed by atoms with E-state index in [9.17, 15) is 14.9 Å². The number of aromatic nitrogens is 3. The molecule has 4 rings (SSSR count). The van der Waals surface area contributed by atoms with E-state index in [1.807, 2.05) is 32.0 Å². The monoisotopic (exact) mass is 429 g/mol. The van der Waals surface area contributed by atoms with E-state index in [4.69, 9.17) is 0 Å². The summed E-state index contributed by atoms with van der Waals surface area (Å²) < 4.78 is 0. The predicted octanol–water partition coefficient (Wildman–Crippen LogP) is 4.05. The van der Waals surface area contributed by atoms with Crippen LogP contribution in [0, 0.1) is 24.0 Å². The van der Waals surface area contributed by atoms with E-state index in [1.54, 1.807) is 36.4 Å². The zero-order valence-corrected chi connectivity index (χ0v) is 17.3. The number of carbonyl (C=O) groups excluding carboxylic acids is 1. The van der Waals surface area contributed by atoms with Gasteiger partial charge in [-0.25, -0.2) is 9.97 Å². The molecule has 2 aromatic carbocycles. The van der Waals surface area contributed by atoms with Gasteiger partial charge in [0, 0.05) is 22.3 Å². The molecule has 3 N–H and O–H groups in total. The Labute approximate surface area is 182 Å². The van der Waals surface area contributed by atoms with Crippen molar-refractivity contribution in [2.45, 2.75) is 13.8 Å². The first-order valence-electron chi connectivity index (χ1n) is 9.68. The fourth-order valence-electron chi connectivity index (χ4n) is 3.12. The van der Waals surface area contributed by atoms with Gasteiger partial charge in [-0.2, -0.15) is 0 Å². The number of pyridine rings is 1. The van der Waals surface area contributed by atoms with E-state index in [1.165, 1.54) is 6.33 Å². The molecule has 0 radical (unpaired) electrons. The second kappa shape index (κ2) is 8.64. The van der Waals surface area contributed by atoms with E-state index in [2.05, 4.69) is 31.1 Å². The summed E-state index contributed by atoms with van der Waals surface area (Å²) in [5, 5.41) is 15.6. The Morgan fingerprint density at radius 2 is 1.72 bits per heavy atom. The summed E-state index contributed by atoms with van der Waals surface area (Å²) in [6, 6.07) is 16.1. The summed E-state index contributed by atoms with van der Waals surface area (Å²) in [5.41, 5.74) is 8.18. The highest BCUT2D eigenvalue weighted by molar-refractivity contribution is 5.96. The molecule has 160 valence electrons. The Balaban J connectivity index is 1.62. The van der Waals surface area contributed by atoms with Crippen molar-refractivity contribution >= 4 is 39.8 Å². The number of nitrogens with one attached hydrogen (secondary N) is 3.